The number of hydrogen-bond donors (Lipinski definition) is 0. The molecule has 0 aliphatic rings. The van der Waals surface area contributed by atoms with Gasteiger partial charge in [-0.3, -0.25) is 0 Å². The number of hydrogen-bond acceptors (Lipinski definition) is 0. The average Bonchev–Trinajstić information content (AvgIpc) is 2.09. The lowest BCUT2D eigenvalue weighted by Gasteiger charge is -2.08. The minimum atomic E-state index is -0.161. The van der Waals surface area contributed by atoms with Crippen molar-refractivity contribution in [2.24, 2.45) is 5.92 Å². The van der Waals surface area contributed by atoms with Gasteiger partial charge < -0.3 is 0 Å². The lowest BCUT2D eigenvalue weighted by molar-refractivity contribution is 0.576. The Hall–Kier alpha value is -0.0800. The molecule has 0 saturated carbocycles. The Bertz CT molecular complexity index is 288. The molecule has 0 amide bonds. The van der Waals surface area contributed by atoms with Crippen molar-refractivity contribution < 1.29 is 4.39 Å². The average molecular weight is 266 g/mol. The number of alkyl halides is 1. The molecule has 0 spiro atoms. The molecule has 0 N–H and O–H groups in total. The summed E-state index contributed by atoms with van der Waals surface area (Å²) in [4.78, 5) is 0. The largest absolute Gasteiger partial charge is 0.207 e. The van der Waals surface area contributed by atoms with Crippen molar-refractivity contribution in [3.8, 4) is 0 Å². The van der Waals surface area contributed by atoms with Gasteiger partial charge in [-0.1, -0.05) is 28.9 Å². The van der Waals surface area contributed by atoms with Crippen molar-refractivity contribution in [3.63, 3.8) is 0 Å². The Kier molecular flexibility index (Phi) is 4.20. The van der Waals surface area contributed by atoms with Gasteiger partial charge in [-0.05, 0) is 30.0 Å². The molecule has 0 aromatic heterocycles. The second kappa shape index (κ2) is 4.97. The lowest BCUT2D eigenvalue weighted by Crippen LogP contribution is -2.02. The van der Waals surface area contributed by atoms with E-state index >= 15 is 0 Å². The molecule has 0 saturated heterocycles. The fourth-order valence-corrected chi connectivity index (χ4v) is 1.56. The summed E-state index contributed by atoms with van der Waals surface area (Å²) >= 11 is 8.87. The highest BCUT2D eigenvalue weighted by Gasteiger charge is 2.06. The van der Waals surface area contributed by atoms with Crippen LogP contribution in [-0.4, -0.2) is 5.88 Å². The summed E-state index contributed by atoms with van der Waals surface area (Å²) in [6.45, 7) is 2.01. The maximum atomic E-state index is 13.3. The molecule has 0 bridgehead atoms. The molecule has 1 unspecified atom stereocenters. The zero-order valence-corrected chi connectivity index (χ0v) is 9.70. The summed E-state index contributed by atoms with van der Waals surface area (Å²) in [7, 11) is 0. The molecule has 1 rings (SSSR count). The van der Waals surface area contributed by atoms with Gasteiger partial charge in [-0.2, -0.15) is 0 Å². The summed E-state index contributed by atoms with van der Waals surface area (Å²) in [5.41, 5.74) is 0.733. The molecule has 0 aliphatic heterocycles. The van der Waals surface area contributed by atoms with Gasteiger partial charge in [-0.25, -0.2) is 4.39 Å². The van der Waals surface area contributed by atoms with Crippen LogP contribution in [0.5, 0.6) is 0 Å². The second-order valence-electron chi connectivity index (χ2n) is 3.20. The van der Waals surface area contributed by atoms with Crippen LogP contribution in [0, 0.1) is 11.7 Å². The van der Waals surface area contributed by atoms with E-state index in [9.17, 15) is 4.39 Å². The van der Waals surface area contributed by atoms with E-state index in [2.05, 4.69) is 15.9 Å². The molecule has 72 valence electrons. The van der Waals surface area contributed by atoms with E-state index in [1.165, 1.54) is 6.07 Å². The second-order valence-corrected chi connectivity index (χ2v) is 4.42. The highest BCUT2D eigenvalue weighted by atomic mass is 79.9. The highest BCUT2D eigenvalue weighted by molar-refractivity contribution is 9.10. The third-order valence-corrected chi connectivity index (χ3v) is 2.87. The molecule has 3 heteroatoms. The van der Waals surface area contributed by atoms with Crippen LogP contribution in [0.3, 0.4) is 0 Å². The smallest absolute Gasteiger partial charge is 0.127 e. The third kappa shape index (κ3) is 3.28. The van der Waals surface area contributed by atoms with E-state index in [4.69, 9.17) is 11.6 Å². The van der Waals surface area contributed by atoms with Gasteiger partial charge in [0, 0.05) is 10.4 Å². The lowest BCUT2D eigenvalue weighted by atomic mass is 10.0. The molecule has 0 radical (unpaired) electrons. The molecule has 0 fully saturated rings. The predicted octanol–water partition coefficient (Wildman–Crippen LogP) is 4.01. The predicted molar refractivity (Wildman–Crippen MR) is 57.7 cm³/mol. The quantitative estimate of drug-likeness (QED) is 0.725. The van der Waals surface area contributed by atoms with Crippen molar-refractivity contribution in [2.75, 3.05) is 5.88 Å². The van der Waals surface area contributed by atoms with Crippen LogP contribution >= 0.6 is 27.5 Å². The number of rotatable bonds is 3. The molecule has 1 atom stereocenters. The Balaban J connectivity index is 2.77. The van der Waals surface area contributed by atoms with Crippen LogP contribution in [0.4, 0.5) is 4.39 Å². The minimum Gasteiger partial charge on any atom is -0.207 e. The van der Waals surface area contributed by atoms with Gasteiger partial charge in [-0.15, -0.1) is 11.6 Å². The monoisotopic (exact) mass is 264 g/mol. The minimum absolute atomic E-state index is 0.161. The normalized spacial score (nSPS) is 12.9. The molecule has 13 heavy (non-hydrogen) atoms. The van der Waals surface area contributed by atoms with Gasteiger partial charge in [0.25, 0.3) is 0 Å². The first-order valence-corrected chi connectivity index (χ1v) is 5.46. The summed E-state index contributed by atoms with van der Waals surface area (Å²) in [5, 5.41) is 0. The van der Waals surface area contributed by atoms with E-state index in [0.29, 0.717) is 18.2 Å². The zero-order valence-electron chi connectivity index (χ0n) is 7.36. The first kappa shape index (κ1) is 11.0. The van der Waals surface area contributed by atoms with Gasteiger partial charge in [0.05, 0.1) is 0 Å². The first-order valence-electron chi connectivity index (χ1n) is 4.13. The molecule has 0 heterocycles. The van der Waals surface area contributed by atoms with E-state index in [0.717, 1.165) is 10.0 Å². The van der Waals surface area contributed by atoms with Crippen molar-refractivity contribution in [1.82, 2.24) is 0 Å². The van der Waals surface area contributed by atoms with Crippen molar-refractivity contribution in [2.45, 2.75) is 13.3 Å². The fraction of sp³-hybridized carbons (Fsp3) is 0.400. The fourth-order valence-electron chi connectivity index (χ4n) is 1.12. The molecule has 0 nitrogen and oxygen atoms in total. The summed E-state index contributed by atoms with van der Waals surface area (Å²) < 4.78 is 14.0. The van der Waals surface area contributed by atoms with Crippen LogP contribution in [0.2, 0.25) is 0 Å². The number of benzene rings is 1. The van der Waals surface area contributed by atoms with Crippen LogP contribution in [-0.2, 0) is 6.42 Å². The Labute approximate surface area is 91.2 Å². The molecule has 1 aromatic rings. The van der Waals surface area contributed by atoms with Gasteiger partial charge >= 0.3 is 0 Å². The van der Waals surface area contributed by atoms with Gasteiger partial charge in [0.2, 0.25) is 0 Å². The Morgan fingerprint density at radius 1 is 1.54 bits per heavy atom. The standard InChI is InChI=1S/C10H11BrClF/c1-7(6-12)4-8-2-3-9(11)5-10(8)13/h2-3,5,7H,4,6H2,1H3. The maximum Gasteiger partial charge on any atom is 0.127 e. The molecular formula is C10H11BrClF. The third-order valence-electron chi connectivity index (χ3n) is 1.85. The topological polar surface area (TPSA) is 0 Å². The summed E-state index contributed by atoms with van der Waals surface area (Å²) in [5.74, 6) is 0.721. The highest BCUT2D eigenvalue weighted by Crippen LogP contribution is 2.18. The van der Waals surface area contributed by atoms with Gasteiger partial charge in [0.1, 0.15) is 5.82 Å². The van der Waals surface area contributed by atoms with E-state index in [-0.39, 0.29) is 5.82 Å². The van der Waals surface area contributed by atoms with Crippen molar-refractivity contribution >= 4 is 27.5 Å². The van der Waals surface area contributed by atoms with Crippen LogP contribution in [0.1, 0.15) is 12.5 Å². The summed E-state index contributed by atoms with van der Waals surface area (Å²) in [6.07, 6.45) is 0.697. The van der Waals surface area contributed by atoms with Crippen molar-refractivity contribution in [3.05, 3.63) is 34.1 Å². The Morgan fingerprint density at radius 3 is 2.77 bits per heavy atom. The first-order chi connectivity index (χ1) is 6.13. The van der Waals surface area contributed by atoms with Crippen molar-refractivity contribution in [1.29, 1.82) is 0 Å². The Morgan fingerprint density at radius 2 is 2.23 bits per heavy atom. The van der Waals surface area contributed by atoms with Crippen LogP contribution in [0.25, 0.3) is 0 Å². The maximum absolute atomic E-state index is 13.3. The molecule has 1 aromatic carbocycles. The van der Waals surface area contributed by atoms with E-state index < -0.39 is 0 Å². The molecular weight excluding hydrogens is 254 g/mol. The number of halogens is 3. The van der Waals surface area contributed by atoms with E-state index in [1.54, 1.807) is 6.07 Å². The van der Waals surface area contributed by atoms with E-state index in [1.807, 2.05) is 13.0 Å². The van der Waals surface area contributed by atoms with Gasteiger partial charge in [0.15, 0.2) is 0 Å². The SMILES string of the molecule is CC(CCl)Cc1ccc(Br)cc1F. The molecule has 0 aliphatic carbocycles. The zero-order chi connectivity index (χ0) is 9.84. The van der Waals surface area contributed by atoms with Crippen LogP contribution < -0.4 is 0 Å². The van der Waals surface area contributed by atoms with Crippen LogP contribution in [0.15, 0.2) is 22.7 Å². The summed E-state index contributed by atoms with van der Waals surface area (Å²) in [6, 6.07) is 5.12.